The van der Waals surface area contributed by atoms with Crippen molar-refractivity contribution in [2.75, 3.05) is 27.3 Å². The predicted molar refractivity (Wildman–Crippen MR) is 141 cm³/mol. The standard InChI is InChI=1S/C26H28BrFN4O6/c1-15-5-6-17(23(33)29-9-10-37-4)12-21(15)32-16(2)30-24(22(27)25(32)34)38-14-18-7-8-20(28)11-19(18)13-31(3)26(35)36/h5-8,11-12H,9-10,13-14H2,1-4H3,(H,29,33)(H,35,36). The summed E-state index contributed by atoms with van der Waals surface area (Å²) >= 11 is 3.28. The first-order valence-electron chi connectivity index (χ1n) is 11.5. The van der Waals surface area contributed by atoms with Gasteiger partial charge in [0.05, 0.1) is 12.3 Å². The average Bonchev–Trinajstić information content (AvgIpc) is 2.87. The van der Waals surface area contributed by atoms with Crippen molar-refractivity contribution in [1.82, 2.24) is 19.8 Å². The van der Waals surface area contributed by atoms with E-state index >= 15 is 0 Å². The number of carboxylic acid groups (broad SMARTS) is 1. The van der Waals surface area contributed by atoms with E-state index in [4.69, 9.17) is 14.6 Å². The number of carbonyl (C=O) groups excluding carboxylic acids is 1. The van der Waals surface area contributed by atoms with Gasteiger partial charge in [0, 0.05) is 32.8 Å². The Kier molecular flexibility index (Phi) is 9.59. The van der Waals surface area contributed by atoms with E-state index in [1.165, 1.54) is 29.8 Å². The molecule has 12 heteroatoms. The van der Waals surface area contributed by atoms with Gasteiger partial charge in [0.1, 0.15) is 22.7 Å². The topological polar surface area (TPSA) is 123 Å². The number of methoxy groups -OCH3 is 1. The molecule has 0 unspecified atom stereocenters. The third kappa shape index (κ3) is 6.75. The number of hydrogen-bond acceptors (Lipinski definition) is 6. The van der Waals surface area contributed by atoms with E-state index in [1.54, 1.807) is 32.2 Å². The zero-order valence-corrected chi connectivity index (χ0v) is 23.0. The lowest BCUT2D eigenvalue weighted by Crippen LogP contribution is -2.28. The number of nitrogens with one attached hydrogen (secondary N) is 1. The number of aromatic nitrogens is 2. The Morgan fingerprint density at radius 3 is 2.61 bits per heavy atom. The lowest BCUT2D eigenvalue weighted by molar-refractivity contribution is 0.0937. The first-order chi connectivity index (χ1) is 18.0. The molecule has 0 aliphatic carbocycles. The van der Waals surface area contributed by atoms with Crippen molar-refractivity contribution in [3.05, 3.63) is 85.1 Å². The van der Waals surface area contributed by atoms with Gasteiger partial charge in [-0.15, -0.1) is 0 Å². The summed E-state index contributed by atoms with van der Waals surface area (Å²) in [5.41, 5.74) is 2.14. The van der Waals surface area contributed by atoms with Crippen molar-refractivity contribution in [1.29, 1.82) is 0 Å². The number of nitrogens with zero attached hydrogens (tertiary/aromatic N) is 3. The molecule has 0 aliphatic rings. The van der Waals surface area contributed by atoms with Gasteiger partial charge in [-0.1, -0.05) is 12.1 Å². The van der Waals surface area contributed by atoms with E-state index in [-0.39, 0.29) is 29.4 Å². The molecule has 0 bridgehead atoms. The van der Waals surface area contributed by atoms with Crippen LogP contribution in [0.25, 0.3) is 5.69 Å². The molecular formula is C26H28BrFN4O6. The fourth-order valence-corrected chi connectivity index (χ4v) is 4.05. The molecule has 1 heterocycles. The number of benzene rings is 2. The van der Waals surface area contributed by atoms with E-state index in [1.807, 2.05) is 6.92 Å². The second-order valence-electron chi connectivity index (χ2n) is 8.51. The minimum Gasteiger partial charge on any atom is -0.472 e. The summed E-state index contributed by atoms with van der Waals surface area (Å²) in [6, 6.07) is 9.01. The Morgan fingerprint density at radius 1 is 1.18 bits per heavy atom. The maximum absolute atomic E-state index is 13.8. The molecule has 3 aromatic rings. The molecule has 0 spiro atoms. The molecule has 38 heavy (non-hydrogen) atoms. The molecule has 3 rings (SSSR count). The molecule has 0 aliphatic heterocycles. The zero-order chi connectivity index (χ0) is 28.0. The second-order valence-corrected chi connectivity index (χ2v) is 9.30. The monoisotopic (exact) mass is 590 g/mol. The van der Waals surface area contributed by atoms with Crippen LogP contribution in [0.15, 0.2) is 45.7 Å². The number of ether oxygens (including phenoxy) is 2. The molecule has 0 saturated carbocycles. The minimum atomic E-state index is -1.16. The van der Waals surface area contributed by atoms with Crippen LogP contribution >= 0.6 is 15.9 Å². The molecule has 0 fully saturated rings. The summed E-state index contributed by atoms with van der Waals surface area (Å²) in [6.45, 7) is 4.05. The summed E-state index contributed by atoms with van der Waals surface area (Å²) in [5, 5.41) is 11.9. The van der Waals surface area contributed by atoms with Crippen LogP contribution < -0.4 is 15.6 Å². The number of amides is 2. The Hall–Kier alpha value is -3.77. The second kappa shape index (κ2) is 12.7. The first-order valence-corrected chi connectivity index (χ1v) is 12.3. The van der Waals surface area contributed by atoms with Crippen molar-refractivity contribution in [2.45, 2.75) is 27.0 Å². The highest BCUT2D eigenvalue weighted by Crippen LogP contribution is 2.24. The number of aryl methyl sites for hydroxylation is 2. The number of halogens is 2. The molecule has 10 nitrogen and oxygen atoms in total. The molecule has 2 N–H and O–H groups in total. The normalized spacial score (nSPS) is 10.8. The highest BCUT2D eigenvalue weighted by Gasteiger charge is 2.19. The molecule has 0 atom stereocenters. The maximum Gasteiger partial charge on any atom is 0.407 e. The quantitative estimate of drug-likeness (QED) is 0.344. The molecule has 0 saturated heterocycles. The summed E-state index contributed by atoms with van der Waals surface area (Å²) < 4.78 is 26.0. The van der Waals surface area contributed by atoms with Crippen molar-refractivity contribution in [3.63, 3.8) is 0 Å². The van der Waals surface area contributed by atoms with Crippen LogP contribution in [0.4, 0.5) is 9.18 Å². The van der Waals surface area contributed by atoms with Crippen molar-refractivity contribution in [3.8, 4) is 11.6 Å². The van der Waals surface area contributed by atoms with Crippen molar-refractivity contribution < 1.29 is 28.6 Å². The van der Waals surface area contributed by atoms with Gasteiger partial charge in [0.25, 0.3) is 11.5 Å². The van der Waals surface area contributed by atoms with Crippen LogP contribution in [0.2, 0.25) is 0 Å². The van der Waals surface area contributed by atoms with Gasteiger partial charge in [-0.25, -0.2) is 9.18 Å². The fraction of sp³-hybridized carbons (Fsp3) is 0.308. The van der Waals surface area contributed by atoms with Crippen molar-refractivity contribution >= 4 is 27.9 Å². The van der Waals surface area contributed by atoms with Gasteiger partial charge in [0.2, 0.25) is 5.88 Å². The molecular weight excluding hydrogens is 563 g/mol. The average molecular weight is 591 g/mol. The van der Waals surface area contributed by atoms with E-state index in [0.29, 0.717) is 41.4 Å². The molecule has 202 valence electrons. The number of rotatable bonds is 10. The third-order valence-electron chi connectivity index (χ3n) is 5.74. The van der Waals surface area contributed by atoms with Crippen LogP contribution in [0.3, 0.4) is 0 Å². The smallest absolute Gasteiger partial charge is 0.407 e. The lowest BCUT2D eigenvalue weighted by atomic mass is 10.1. The third-order valence-corrected chi connectivity index (χ3v) is 6.41. The Balaban J connectivity index is 1.90. The Labute approximate surface area is 227 Å². The van der Waals surface area contributed by atoms with Gasteiger partial charge >= 0.3 is 6.09 Å². The first kappa shape index (κ1) is 28.8. The molecule has 0 radical (unpaired) electrons. The zero-order valence-electron chi connectivity index (χ0n) is 21.4. The summed E-state index contributed by atoms with van der Waals surface area (Å²) in [6.07, 6.45) is -1.16. The van der Waals surface area contributed by atoms with E-state index in [9.17, 15) is 18.8 Å². The summed E-state index contributed by atoms with van der Waals surface area (Å²) in [5.74, 6) is -0.468. The van der Waals surface area contributed by atoms with Gasteiger partial charge in [-0.3, -0.25) is 14.2 Å². The van der Waals surface area contributed by atoms with E-state index < -0.39 is 17.5 Å². The highest BCUT2D eigenvalue weighted by atomic mass is 79.9. The summed E-state index contributed by atoms with van der Waals surface area (Å²) in [7, 11) is 2.92. The van der Waals surface area contributed by atoms with E-state index in [2.05, 4.69) is 26.2 Å². The van der Waals surface area contributed by atoms with Crippen LogP contribution in [-0.4, -0.2) is 58.9 Å². The van der Waals surface area contributed by atoms with Crippen LogP contribution in [0.1, 0.15) is 32.9 Å². The molecule has 2 amide bonds. The fourth-order valence-electron chi connectivity index (χ4n) is 3.67. The maximum atomic E-state index is 13.8. The lowest BCUT2D eigenvalue weighted by Gasteiger charge is -2.18. The number of carbonyl (C=O) groups is 2. The minimum absolute atomic E-state index is 0.0248. The van der Waals surface area contributed by atoms with Gasteiger partial charge < -0.3 is 24.8 Å². The molecule has 1 aromatic heterocycles. The van der Waals surface area contributed by atoms with Crippen molar-refractivity contribution in [2.24, 2.45) is 0 Å². The van der Waals surface area contributed by atoms with E-state index in [0.717, 1.165) is 10.5 Å². The highest BCUT2D eigenvalue weighted by molar-refractivity contribution is 9.10. The van der Waals surface area contributed by atoms with Crippen LogP contribution in [0.5, 0.6) is 5.88 Å². The van der Waals surface area contributed by atoms with Gasteiger partial charge in [0.15, 0.2) is 0 Å². The van der Waals surface area contributed by atoms with Gasteiger partial charge in [-0.2, -0.15) is 4.98 Å². The van der Waals surface area contributed by atoms with Crippen LogP contribution in [0, 0.1) is 19.7 Å². The van der Waals surface area contributed by atoms with Crippen LogP contribution in [-0.2, 0) is 17.9 Å². The summed E-state index contributed by atoms with van der Waals surface area (Å²) in [4.78, 5) is 42.5. The Morgan fingerprint density at radius 2 is 1.92 bits per heavy atom. The Bertz CT molecular complexity index is 1410. The molecule has 2 aromatic carbocycles. The van der Waals surface area contributed by atoms with Gasteiger partial charge in [-0.05, 0) is 70.7 Å². The predicted octanol–water partition coefficient (Wildman–Crippen LogP) is 3.82. The largest absolute Gasteiger partial charge is 0.472 e. The SMILES string of the molecule is COCCNC(=O)c1ccc(C)c(-n2c(C)nc(OCc3ccc(F)cc3CN(C)C(=O)O)c(Br)c2=O)c1. The number of hydrogen-bond donors (Lipinski definition) is 2.